The van der Waals surface area contributed by atoms with Crippen LogP contribution in [0.5, 0.6) is 5.75 Å². The third-order valence-corrected chi connectivity index (χ3v) is 3.69. The Morgan fingerprint density at radius 1 is 1.26 bits per heavy atom. The second-order valence-corrected chi connectivity index (χ2v) is 5.37. The summed E-state index contributed by atoms with van der Waals surface area (Å²) in [6.07, 6.45) is 0. The fourth-order valence-electron chi connectivity index (χ4n) is 2.84. The highest BCUT2D eigenvalue weighted by atomic mass is 19.1. The molecule has 0 aromatic heterocycles. The number of ether oxygens (including phenoxy) is 1. The minimum atomic E-state index is -0.277. The van der Waals surface area contributed by atoms with Gasteiger partial charge in [-0.2, -0.15) is 0 Å². The Hall–Kier alpha value is -1.13. The minimum Gasteiger partial charge on any atom is -0.494 e. The van der Waals surface area contributed by atoms with Gasteiger partial charge in [0.2, 0.25) is 0 Å². The van der Waals surface area contributed by atoms with E-state index in [-0.39, 0.29) is 11.9 Å². The molecule has 1 fully saturated rings. The van der Waals surface area contributed by atoms with E-state index in [0.29, 0.717) is 11.7 Å². The summed E-state index contributed by atoms with van der Waals surface area (Å²) >= 11 is 0. The lowest BCUT2D eigenvalue weighted by molar-refractivity contribution is 0.137. The molecular formula is C15H23FN2O. The van der Waals surface area contributed by atoms with Crippen LogP contribution < -0.4 is 10.1 Å². The third-order valence-electron chi connectivity index (χ3n) is 3.69. The zero-order chi connectivity index (χ0) is 13.8. The molecule has 4 heteroatoms. The Bertz CT molecular complexity index is 417. The first-order valence-electron chi connectivity index (χ1n) is 6.91. The summed E-state index contributed by atoms with van der Waals surface area (Å²) in [6.45, 7) is 8.40. The number of hydrogen-bond donors (Lipinski definition) is 1. The SMILES string of the molecule is COc1ccc(C(C(C)C)N2CCNCC2)cc1F. The van der Waals surface area contributed by atoms with Gasteiger partial charge in [0, 0.05) is 32.2 Å². The maximum atomic E-state index is 13.9. The molecule has 0 amide bonds. The molecule has 1 N–H and O–H groups in total. The number of piperazine rings is 1. The van der Waals surface area contributed by atoms with E-state index in [0.717, 1.165) is 31.7 Å². The van der Waals surface area contributed by atoms with Crippen LogP contribution in [0, 0.1) is 11.7 Å². The number of benzene rings is 1. The van der Waals surface area contributed by atoms with Crippen molar-refractivity contribution in [3.63, 3.8) is 0 Å². The van der Waals surface area contributed by atoms with E-state index in [4.69, 9.17) is 4.74 Å². The average molecular weight is 266 g/mol. The van der Waals surface area contributed by atoms with Gasteiger partial charge in [-0.25, -0.2) is 4.39 Å². The predicted octanol–water partition coefficient (Wildman–Crippen LogP) is 2.44. The maximum absolute atomic E-state index is 13.9. The normalized spacial score (nSPS) is 18.6. The lowest BCUT2D eigenvalue weighted by Gasteiger charge is -2.37. The summed E-state index contributed by atoms with van der Waals surface area (Å²) < 4.78 is 18.9. The van der Waals surface area contributed by atoms with E-state index in [2.05, 4.69) is 24.1 Å². The van der Waals surface area contributed by atoms with Crippen LogP contribution >= 0.6 is 0 Å². The van der Waals surface area contributed by atoms with Crippen molar-refractivity contribution in [1.82, 2.24) is 10.2 Å². The van der Waals surface area contributed by atoms with Crippen LogP contribution in [0.3, 0.4) is 0 Å². The number of nitrogens with zero attached hydrogens (tertiary/aromatic N) is 1. The Morgan fingerprint density at radius 2 is 1.95 bits per heavy atom. The summed E-state index contributed by atoms with van der Waals surface area (Å²) in [5.74, 6) is 0.484. The van der Waals surface area contributed by atoms with Gasteiger partial charge in [-0.1, -0.05) is 19.9 Å². The zero-order valence-corrected chi connectivity index (χ0v) is 11.9. The Morgan fingerprint density at radius 3 is 2.47 bits per heavy atom. The molecule has 2 rings (SSSR count). The largest absolute Gasteiger partial charge is 0.494 e. The topological polar surface area (TPSA) is 24.5 Å². The summed E-state index contributed by atoms with van der Waals surface area (Å²) in [4.78, 5) is 2.43. The highest BCUT2D eigenvalue weighted by Crippen LogP contribution is 2.31. The van der Waals surface area contributed by atoms with Crippen molar-refractivity contribution in [1.29, 1.82) is 0 Å². The van der Waals surface area contributed by atoms with Gasteiger partial charge in [-0.3, -0.25) is 4.90 Å². The molecule has 1 aliphatic rings. The molecule has 0 bridgehead atoms. The zero-order valence-electron chi connectivity index (χ0n) is 11.9. The van der Waals surface area contributed by atoms with Crippen molar-refractivity contribution in [2.24, 2.45) is 5.92 Å². The van der Waals surface area contributed by atoms with E-state index >= 15 is 0 Å². The van der Waals surface area contributed by atoms with E-state index in [9.17, 15) is 4.39 Å². The molecule has 19 heavy (non-hydrogen) atoms. The second kappa shape index (κ2) is 6.35. The molecule has 0 aliphatic carbocycles. The Balaban J connectivity index is 2.25. The number of hydrogen-bond acceptors (Lipinski definition) is 3. The molecule has 1 unspecified atom stereocenters. The Labute approximate surface area is 114 Å². The van der Waals surface area contributed by atoms with E-state index in [1.165, 1.54) is 7.11 Å². The van der Waals surface area contributed by atoms with Gasteiger partial charge in [-0.05, 0) is 23.6 Å². The van der Waals surface area contributed by atoms with Gasteiger partial charge in [0.25, 0.3) is 0 Å². The average Bonchev–Trinajstić information content (AvgIpc) is 2.40. The molecule has 1 heterocycles. The van der Waals surface area contributed by atoms with Crippen LogP contribution in [0.1, 0.15) is 25.5 Å². The smallest absolute Gasteiger partial charge is 0.165 e. The first-order valence-corrected chi connectivity index (χ1v) is 6.91. The number of methoxy groups -OCH3 is 1. The van der Waals surface area contributed by atoms with Crippen molar-refractivity contribution in [2.45, 2.75) is 19.9 Å². The molecule has 1 aromatic rings. The fraction of sp³-hybridized carbons (Fsp3) is 0.600. The second-order valence-electron chi connectivity index (χ2n) is 5.37. The lowest BCUT2D eigenvalue weighted by Crippen LogP contribution is -2.46. The van der Waals surface area contributed by atoms with Gasteiger partial charge in [-0.15, -0.1) is 0 Å². The molecule has 1 aliphatic heterocycles. The van der Waals surface area contributed by atoms with Crippen molar-refractivity contribution in [2.75, 3.05) is 33.3 Å². The number of nitrogens with one attached hydrogen (secondary N) is 1. The molecule has 0 spiro atoms. The van der Waals surface area contributed by atoms with Gasteiger partial charge in [0.1, 0.15) is 0 Å². The quantitative estimate of drug-likeness (QED) is 0.906. The molecule has 106 valence electrons. The van der Waals surface area contributed by atoms with Crippen molar-refractivity contribution >= 4 is 0 Å². The van der Waals surface area contributed by atoms with Gasteiger partial charge < -0.3 is 10.1 Å². The molecule has 3 nitrogen and oxygen atoms in total. The van der Waals surface area contributed by atoms with E-state index in [1.54, 1.807) is 12.1 Å². The Kier molecular flexibility index (Phi) is 4.77. The van der Waals surface area contributed by atoms with E-state index in [1.807, 2.05) is 6.07 Å². The lowest BCUT2D eigenvalue weighted by atomic mass is 9.93. The van der Waals surface area contributed by atoms with E-state index < -0.39 is 0 Å². The van der Waals surface area contributed by atoms with Crippen molar-refractivity contribution in [3.05, 3.63) is 29.6 Å². The van der Waals surface area contributed by atoms with Gasteiger partial charge in [0.15, 0.2) is 11.6 Å². The fourth-order valence-corrected chi connectivity index (χ4v) is 2.84. The molecule has 1 aromatic carbocycles. The van der Waals surface area contributed by atoms with Crippen LogP contribution in [0.4, 0.5) is 4.39 Å². The first-order chi connectivity index (χ1) is 9.13. The first kappa shape index (κ1) is 14.3. The summed E-state index contributed by atoms with van der Waals surface area (Å²) in [6, 6.07) is 5.59. The van der Waals surface area contributed by atoms with Crippen LogP contribution in [0.15, 0.2) is 18.2 Å². The number of rotatable bonds is 4. The highest BCUT2D eigenvalue weighted by Gasteiger charge is 2.25. The van der Waals surface area contributed by atoms with Crippen LogP contribution in [0.2, 0.25) is 0 Å². The predicted molar refractivity (Wildman–Crippen MR) is 75.0 cm³/mol. The van der Waals surface area contributed by atoms with Gasteiger partial charge in [0.05, 0.1) is 7.11 Å². The molecule has 0 radical (unpaired) electrons. The molecule has 0 saturated carbocycles. The van der Waals surface area contributed by atoms with Crippen LogP contribution in [-0.2, 0) is 0 Å². The minimum absolute atomic E-state index is 0.266. The summed E-state index contributed by atoms with van der Waals surface area (Å²) in [5, 5.41) is 3.35. The summed E-state index contributed by atoms with van der Waals surface area (Å²) in [5.41, 5.74) is 1.04. The monoisotopic (exact) mass is 266 g/mol. The summed E-state index contributed by atoms with van der Waals surface area (Å²) in [7, 11) is 1.49. The molecular weight excluding hydrogens is 243 g/mol. The van der Waals surface area contributed by atoms with Crippen molar-refractivity contribution < 1.29 is 9.13 Å². The third kappa shape index (κ3) is 3.25. The maximum Gasteiger partial charge on any atom is 0.165 e. The molecule has 1 saturated heterocycles. The highest BCUT2D eigenvalue weighted by molar-refractivity contribution is 5.31. The number of halogens is 1. The van der Waals surface area contributed by atoms with Crippen LogP contribution in [-0.4, -0.2) is 38.2 Å². The standard InChI is InChI=1S/C15H23FN2O/c1-11(2)15(18-8-6-17-7-9-18)12-4-5-14(19-3)13(16)10-12/h4-5,10-11,15,17H,6-9H2,1-3H3. The van der Waals surface area contributed by atoms with Gasteiger partial charge >= 0.3 is 0 Å². The van der Waals surface area contributed by atoms with Crippen molar-refractivity contribution in [3.8, 4) is 5.75 Å². The molecule has 1 atom stereocenters. The van der Waals surface area contributed by atoms with Crippen LogP contribution in [0.25, 0.3) is 0 Å².